The Labute approximate surface area is 234 Å². The van der Waals surface area contributed by atoms with Crippen LogP contribution >= 0.6 is 18.2 Å². The highest BCUT2D eigenvalue weighted by Gasteiger charge is 2.58. The van der Waals surface area contributed by atoms with Crippen LogP contribution in [0.25, 0.3) is 0 Å². The van der Waals surface area contributed by atoms with Crippen LogP contribution in [0.4, 0.5) is 4.39 Å². The summed E-state index contributed by atoms with van der Waals surface area (Å²) in [6, 6.07) is 2.42. The molecule has 1 fully saturated rings. The van der Waals surface area contributed by atoms with Crippen LogP contribution < -0.4 is 9.61 Å². The number of allylic oxidation sites excluding steroid dienone is 1. The first-order valence-electron chi connectivity index (χ1n) is 11.6. The second-order valence-electron chi connectivity index (χ2n) is 9.00. The normalized spacial score (nSPS) is 27.3. The molecule has 2 heterocycles. The van der Waals surface area contributed by atoms with Crippen molar-refractivity contribution in [2.45, 2.75) is 63.4 Å². The van der Waals surface area contributed by atoms with Crippen LogP contribution in [0, 0.1) is 18.2 Å². The van der Waals surface area contributed by atoms with E-state index in [9.17, 15) is 29.0 Å². The average molecular weight is 605 g/mol. The Hall–Kier alpha value is -2.40. The van der Waals surface area contributed by atoms with E-state index in [1.807, 2.05) is 0 Å². The number of nitrogens with zero attached hydrogens (tertiary/aromatic N) is 1. The molecule has 0 aromatic heterocycles. The molecule has 3 N–H and O–H groups in total. The highest BCUT2D eigenvalue weighted by Crippen LogP contribution is 2.47. The van der Waals surface area contributed by atoms with Crippen molar-refractivity contribution >= 4 is 47.7 Å². The van der Waals surface area contributed by atoms with E-state index in [4.69, 9.17) is 48.4 Å². The maximum absolute atomic E-state index is 13.7. The molecule has 1 saturated heterocycles. The van der Waals surface area contributed by atoms with Crippen LogP contribution in [0.1, 0.15) is 27.2 Å². The molecule has 0 aliphatic carbocycles. The Morgan fingerprint density at radius 2 is 2.13 bits per heavy atom. The first kappa shape index (κ1) is 31.1. The fraction of sp³-hybridized carbons (Fsp3) is 0.458. The van der Waals surface area contributed by atoms with Crippen molar-refractivity contribution in [2.24, 2.45) is 0 Å². The second-order valence-corrected chi connectivity index (χ2v) is 12.5. The second kappa shape index (κ2) is 12.4. The van der Waals surface area contributed by atoms with Crippen molar-refractivity contribution in [3.63, 3.8) is 0 Å². The first-order chi connectivity index (χ1) is 18.2. The zero-order valence-corrected chi connectivity index (χ0v) is 23.5. The van der Waals surface area contributed by atoms with E-state index in [1.54, 1.807) is 13.8 Å². The number of hydrogen-bond acceptors (Lipinski definition) is 10. The van der Waals surface area contributed by atoms with Gasteiger partial charge in [0.25, 0.3) is 0 Å². The van der Waals surface area contributed by atoms with E-state index in [2.05, 4.69) is 11.0 Å². The van der Waals surface area contributed by atoms with Crippen molar-refractivity contribution in [3.8, 4) is 18.1 Å². The SMILES string of the molecule is C#C[C@@]1(O)[C@H](O)[C@@H](COP(=S)(N[C@@H](C)C(=O)OC(C)C)Oc2ccc(F)c(Cl)c2)O[C@H]1N1C=CC(=O)CC1=O. The van der Waals surface area contributed by atoms with E-state index in [0.717, 1.165) is 29.3 Å². The highest BCUT2D eigenvalue weighted by atomic mass is 35.5. The molecular formula is C24H27ClFN2O9PS. The summed E-state index contributed by atoms with van der Waals surface area (Å²) in [5.41, 5.74) is -2.37. The Morgan fingerprint density at radius 3 is 2.72 bits per heavy atom. The third kappa shape index (κ3) is 7.22. The number of ketones is 1. The van der Waals surface area contributed by atoms with Crippen LogP contribution in [-0.2, 0) is 40.2 Å². The quantitative estimate of drug-likeness (QED) is 0.156. The summed E-state index contributed by atoms with van der Waals surface area (Å²) < 4.78 is 36.2. The number of carbonyl (C=O) groups is 3. The number of esters is 1. The van der Waals surface area contributed by atoms with Crippen molar-refractivity contribution in [1.29, 1.82) is 0 Å². The Morgan fingerprint density at radius 1 is 1.44 bits per heavy atom. The monoisotopic (exact) mass is 604 g/mol. The molecule has 39 heavy (non-hydrogen) atoms. The molecule has 212 valence electrons. The highest BCUT2D eigenvalue weighted by molar-refractivity contribution is 8.09. The number of amides is 1. The number of ether oxygens (including phenoxy) is 2. The van der Waals surface area contributed by atoms with E-state index >= 15 is 0 Å². The van der Waals surface area contributed by atoms with Gasteiger partial charge in [0.1, 0.15) is 29.8 Å². The molecular weight excluding hydrogens is 578 g/mol. The summed E-state index contributed by atoms with van der Waals surface area (Å²) in [7, 11) is 0. The number of terminal acetylenes is 1. The van der Waals surface area contributed by atoms with Gasteiger partial charge in [0, 0.05) is 12.3 Å². The van der Waals surface area contributed by atoms with Gasteiger partial charge in [-0.25, -0.2) is 9.48 Å². The molecule has 0 radical (unpaired) electrons. The lowest BCUT2D eigenvalue weighted by Crippen LogP contribution is -2.55. The number of hydrogen-bond donors (Lipinski definition) is 3. The van der Waals surface area contributed by atoms with Gasteiger partial charge in [0.05, 0.1) is 24.2 Å². The Bertz CT molecular complexity index is 1260. The largest absolute Gasteiger partial charge is 0.462 e. The molecule has 2 aliphatic heterocycles. The number of carbonyl (C=O) groups excluding carboxylic acids is 3. The maximum Gasteiger partial charge on any atom is 0.323 e. The molecule has 6 atom stereocenters. The average Bonchev–Trinajstić information content (AvgIpc) is 3.10. The molecule has 1 amide bonds. The molecule has 2 aliphatic rings. The molecule has 1 aromatic carbocycles. The minimum atomic E-state index is -3.69. The van der Waals surface area contributed by atoms with Gasteiger partial charge in [-0.2, -0.15) is 0 Å². The third-order valence-electron chi connectivity index (χ3n) is 5.58. The van der Waals surface area contributed by atoms with Crippen molar-refractivity contribution in [3.05, 3.63) is 41.3 Å². The lowest BCUT2D eigenvalue weighted by Gasteiger charge is -2.33. The van der Waals surface area contributed by atoms with E-state index < -0.39 is 79.3 Å². The van der Waals surface area contributed by atoms with Gasteiger partial charge in [-0.15, -0.1) is 6.42 Å². The molecule has 15 heteroatoms. The zero-order chi connectivity index (χ0) is 29.1. The van der Waals surface area contributed by atoms with Crippen LogP contribution in [0.2, 0.25) is 5.02 Å². The molecule has 1 unspecified atom stereocenters. The molecule has 1 aromatic rings. The minimum Gasteiger partial charge on any atom is -0.462 e. The van der Waals surface area contributed by atoms with Crippen molar-refractivity contribution < 1.29 is 47.5 Å². The van der Waals surface area contributed by atoms with Gasteiger partial charge in [-0.05, 0) is 50.8 Å². The summed E-state index contributed by atoms with van der Waals surface area (Å²) in [6.07, 6.45) is 2.16. The number of rotatable bonds is 10. The topological polar surface area (TPSA) is 144 Å². The molecule has 0 spiro atoms. The lowest BCUT2D eigenvalue weighted by atomic mass is 9.94. The van der Waals surface area contributed by atoms with Crippen molar-refractivity contribution in [2.75, 3.05) is 6.61 Å². The zero-order valence-electron chi connectivity index (χ0n) is 21.1. The third-order valence-corrected chi connectivity index (χ3v) is 8.37. The molecule has 0 bridgehead atoms. The maximum atomic E-state index is 13.7. The summed E-state index contributed by atoms with van der Waals surface area (Å²) in [5.74, 6) is -0.447. The van der Waals surface area contributed by atoms with Gasteiger partial charge < -0.3 is 28.7 Å². The smallest absolute Gasteiger partial charge is 0.323 e. The predicted molar refractivity (Wildman–Crippen MR) is 140 cm³/mol. The molecule has 0 saturated carbocycles. The van der Waals surface area contributed by atoms with Crippen LogP contribution in [0.5, 0.6) is 5.75 Å². The van der Waals surface area contributed by atoms with E-state index in [1.165, 1.54) is 13.0 Å². The van der Waals surface area contributed by atoms with Gasteiger partial charge in [0.15, 0.2) is 17.6 Å². The fourth-order valence-corrected chi connectivity index (χ4v) is 6.23. The van der Waals surface area contributed by atoms with Crippen LogP contribution in [0.15, 0.2) is 30.5 Å². The minimum absolute atomic E-state index is 0.0151. The number of aliphatic hydroxyl groups is 2. The Balaban J connectivity index is 1.83. The van der Waals surface area contributed by atoms with E-state index in [0.29, 0.717) is 0 Å². The van der Waals surface area contributed by atoms with Gasteiger partial charge in [0.2, 0.25) is 5.91 Å². The van der Waals surface area contributed by atoms with Gasteiger partial charge in [-0.1, -0.05) is 17.5 Å². The molecule has 11 nitrogen and oxygen atoms in total. The predicted octanol–water partition coefficient (Wildman–Crippen LogP) is 1.79. The van der Waals surface area contributed by atoms with Gasteiger partial charge >= 0.3 is 12.6 Å². The number of halogens is 2. The van der Waals surface area contributed by atoms with E-state index in [-0.39, 0.29) is 10.8 Å². The summed E-state index contributed by atoms with van der Waals surface area (Å²) in [5, 5.41) is 24.3. The Kier molecular flexibility index (Phi) is 9.91. The summed E-state index contributed by atoms with van der Waals surface area (Å²) >= 11 is 11.4. The fourth-order valence-electron chi connectivity index (χ4n) is 3.65. The summed E-state index contributed by atoms with van der Waals surface area (Å²) in [6.45, 7) is 0.556. The first-order valence-corrected chi connectivity index (χ1v) is 14.6. The number of benzene rings is 1. The summed E-state index contributed by atoms with van der Waals surface area (Å²) in [4.78, 5) is 37.3. The number of aliphatic hydroxyl groups excluding tert-OH is 1. The van der Waals surface area contributed by atoms with Crippen molar-refractivity contribution in [1.82, 2.24) is 9.99 Å². The van der Waals surface area contributed by atoms with Crippen LogP contribution in [0.3, 0.4) is 0 Å². The molecule has 3 rings (SSSR count). The number of nitrogens with one attached hydrogen (secondary N) is 1. The van der Waals surface area contributed by atoms with Gasteiger partial charge in [-0.3, -0.25) is 19.3 Å². The van der Waals surface area contributed by atoms with Crippen LogP contribution in [-0.4, -0.2) is 75.6 Å². The standard InChI is InChI=1S/C24H27ClFN2O9PS/c1-5-24(33)21(31)19(36-23(24)28-9-8-15(29)10-20(28)30)12-34-38(39,27-14(4)22(32)35-13(2)3)37-16-6-7-18(26)17(25)11-16/h1,6-9,11,13-14,19,21,23,31,33H,10,12H2,2-4H3,(H,27,39)/t14-,19+,21+,23+,24+,38?/m0/s1. The lowest BCUT2D eigenvalue weighted by molar-refractivity contribution is -0.153.